The molecule has 0 aliphatic heterocycles. The van der Waals surface area contributed by atoms with E-state index in [2.05, 4.69) is 15.7 Å². The van der Waals surface area contributed by atoms with Crippen LogP contribution in [0.3, 0.4) is 0 Å². The Balaban J connectivity index is 1.55. The second kappa shape index (κ2) is 9.51. The highest BCUT2D eigenvalue weighted by Gasteiger charge is 2.15. The Morgan fingerprint density at radius 1 is 0.967 bits per heavy atom. The summed E-state index contributed by atoms with van der Waals surface area (Å²) < 4.78 is 1.55. The third-order valence-corrected chi connectivity index (χ3v) is 4.36. The van der Waals surface area contributed by atoms with Crippen molar-refractivity contribution >= 4 is 11.8 Å². The van der Waals surface area contributed by atoms with Gasteiger partial charge >= 0.3 is 0 Å². The van der Waals surface area contributed by atoms with Crippen LogP contribution in [0.5, 0.6) is 5.75 Å². The molecule has 8 heteroatoms. The molecular formula is C22H22N4O4. The normalized spacial score (nSPS) is 10.4. The van der Waals surface area contributed by atoms with Gasteiger partial charge in [-0.1, -0.05) is 24.3 Å². The lowest BCUT2D eigenvalue weighted by atomic mass is 10.2. The van der Waals surface area contributed by atoms with Gasteiger partial charge in [-0.15, -0.1) is 0 Å². The maximum atomic E-state index is 12.4. The Morgan fingerprint density at radius 3 is 2.37 bits per heavy atom. The fraction of sp³-hybridized carbons (Fsp3) is 0.182. The molecule has 2 amide bonds. The average Bonchev–Trinajstić information content (AvgIpc) is 2.74. The molecule has 3 aromatic rings. The molecule has 0 spiro atoms. The van der Waals surface area contributed by atoms with Crippen molar-refractivity contribution in [3.8, 4) is 11.4 Å². The summed E-state index contributed by atoms with van der Waals surface area (Å²) >= 11 is 0. The first-order valence-electron chi connectivity index (χ1n) is 9.47. The molecule has 0 fully saturated rings. The minimum atomic E-state index is -0.566. The number of rotatable bonds is 7. The molecule has 0 saturated heterocycles. The molecule has 154 valence electrons. The summed E-state index contributed by atoms with van der Waals surface area (Å²) in [6, 6.07) is 16.6. The van der Waals surface area contributed by atoms with Gasteiger partial charge in [0.05, 0.1) is 5.69 Å². The number of benzene rings is 2. The van der Waals surface area contributed by atoms with Gasteiger partial charge in [-0.25, -0.2) is 4.68 Å². The molecule has 0 bridgehead atoms. The number of phenolic OH excluding ortho intramolecular Hbond substituents is 1. The van der Waals surface area contributed by atoms with E-state index in [0.29, 0.717) is 24.2 Å². The lowest BCUT2D eigenvalue weighted by Crippen LogP contribution is -2.34. The van der Waals surface area contributed by atoms with Crippen LogP contribution in [0.25, 0.3) is 5.69 Å². The van der Waals surface area contributed by atoms with Crippen LogP contribution >= 0.6 is 0 Å². The van der Waals surface area contributed by atoms with E-state index in [-0.39, 0.29) is 23.9 Å². The SMILES string of the molecule is Cc1cc(=O)c(C(=O)NCCCNC(=O)c2cccc(O)c2)nn1-c1ccccc1. The summed E-state index contributed by atoms with van der Waals surface area (Å²) in [5.41, 5.74) is 1.09. The van der Waals surface area contributed by atoms with Crippen molar-refractivity contribution in [2.24, 2.45) is 0 Å². The van der Waals surface area contributed by atoms with Crippen molar-refractivity contribution in [1.29, 1.82) is 0 Å². The molecule has 2 aromatic carbocycles. The molecule has 1 aromatic heterocycles. The van der Waals surface area contributed by atoms with Gasteiger partial charge in [0.15, 0.2) is 5.69 Å². The molecule has 0 saturated carbocycles. The van der Waals surface area contributed by atoms with E-state index in [1.54, 1.807) is 23.7 Å². The summed E-state index contributed by atoms with van der Waals surface area (Å²) in [6.07, 6.45) is 0.467. The standard InChI is InChI=1S/C22H22N4O4/c1-15-13-19(28)20(25-26(15)17-8-3-2-4-9-17)22(30)24-12-6-11-23-21(29)16-7-5-10-18(27)14-16/h2-5,7-10,13-14,27H,6,11-12H2,1H3,(H,23,29)(H,24,30). The maximum absolute atomic E-state index is 12.4. The molecule has 8 nitrogen and oxygen atoms in total. The number of hydrogen-bond donors (Lipinski definition) is 3. The first-order valence-corrected chi connectivity index (χ1v) is 9.47. The fourth-order valence-corrected chi connectivity index (χ4v) is 2.86. The number of amides is 2. The third-order valence-electron chi connectivity index (χ3n) is 4.36. The second-order valence-electron chi connectivity index (χ2n) is 6.66. The number of hydrogen-bond acceptors (Lipinski definition) is 5. The number of nitrogens with zero attached hydrogens (tertiary/aromatic N) is 2. The van der Waals surface area contributed by atoms with Crippen LogP contribution in [0.2, 0.25) is 0 Å². The molecule has 0 unspecified atom stereocenters. The summed E-state index contributed by atoms with van der Waals surface area (Å²) in [5, 5.41) is 19.0. The van der Waals surface area contributed by atoms with Crippen LogP contribution in [0, 0.1) is 6.92 Å². The highest BCUT2D eigenvalue weighted by molar-refractivity contribution is 5.94. The van der Waals surface area contributed by atoms with Crippen LogP contribution in [0.1, 0.15) is 33.0 Å². The number of carbonyl (C=O) groups excluding carboxylic acids is 2. The summed E-state index contributed by atoms with van der Waals surface area (Å²) in [4.78, 5) is 36.6. The first-order chi connectivity index (χ1) is 14.5. The smallest absolute Gasteiger partial charge is 0.275 e. The van der Waals surface area contributed by atoms with E-state index in [1.165, 1.54) is 18.2 Å². The third kappa shape index (κ3) is 5.11. The minimum Gasteiger partial charge on any atom is -0.508 e. The first kappa shape index (κ1) is 20.8. The average molecular weight is 406 g/mol. The zero-order valence-electron chi connectivity index (χ0n) is 16.5. The summed E-state index contributed by atoms with van der Waals surface area (Å²) in [5.74, 6) is -0.867. The molecule has 0 aliphatic carbocycles. The monoisotopic (exact) mass is 406 g/mol. The van der Waals surface area contributed by atoms with Gasteiger partial charge in [-0.3, -0.25) is 14.4 Å². The van der Waals surface area contributed by atoms with Gasteiger partial charge in [0.2, 0.25) is 5.43 Å². The molecule has 3 N–H and O–H groups in total. The quantitative estimate of drug-likeness (QED) is 0.518. The van der Waals surface area contributed by atoms with E-state index in [1.807, 2.05) is 30.3 Å². The lowest BCUT2D eigenvalue weighted by molar-refractivity contribution is 0.0945. The van der Waals surface area contributed by atoms with Crippen LogP contribution in [-0.2, 0) is 0 Å². The molecule has 30 heavy (non-hydrogen) atoms. The van der Waals surface area contributed by atoms with Gasteiger partial charge in [0, 0.05) is 30.4 Å². The molecular weight excluding hydrogens is 384 g/mol. The Bertz CT molecular complexity index is 1110. The summed E-state index contributed by atoms with van der Waals surface area (Å²) in [7, 11) is 0. The van der Waals surface area contributed by atoms with Gasteiger partial charge in [0.1, 0.15) is 5.75 Å². The highest BCUT2D eigenvalue weighted by atomic mass is 16.3. The molecule has 0 atom stereocenters. The van der Waals surface area contributed by atoms with Crippen LogP contribution < -0.4 is 16.1 Å². The summed E-state index contributed by atoms with van der Waals surface area (Å²) in [6.45, 7) is 2.34. The van der Waals surface area contributed by atoms with Crippen LogP contribution in [0.4, 0.5) is 0 Å². The number of aromatic hydroxyl groups is 1. The zero-order valence-corrected chi connectivity index (χ0v) is 16.5. The van der Waals surface area contributed by atoms with Crippen molar-refractivity contribution in [3.05, 3.63) is 87.8 Å². The van der Waals surface area contributed by atoms with Gasteiger partial charge in [-0.05, 0) is 43.7 Å². The molecule has 3 rings (SSSR count). The topological polar surface area (TPSA) is 113 Å². The number of aryl methyl sites for hydroxylation is 1. The van der Waals surface area contributed by atoms with Crippen LogP contribution in [0.15, 0.2) is 65.5 Å². The van der Waals surface area contributed by atoms with E-state index >= 15 is 0 Å². The van der Waals surface area contributed by atoms with Crippen molar-refractivity contribution < 1.29 is 14.7 Å². The molecule has 0 radical (unpaired) electrons. The van der Waals surface area contributed by atoms with E-state index in [9.17, 15) is 19.5 Å². The number of aromatic nitrogens is 2. The predicted octanol–water partition coefficient (Wildman–Crippen LogP) is 1.80. The van der Waals surface area contributed by atoms with Crippen molar-refractivity contribution in [2.75, 3.05) is 13.1 Å². The largest absolute Gasteiger partial charge is 0.508 e. The number of carbonyl (C=O) groups is 2. The van der Waals surface area contributed by atoms with E-state index in [4.69, 9.17) is 0 Å². The molecule has 0 aliphatic rings. The van der Waals surface area contributed by atoms with E-state index in [0.717, 1.165) is 5.69 Å². The Morgan fingerprint density at radius 2 is 1.67 bits per heavy atom. The maximum Gasteiger partial charge on any atom is 0.275 e. The number of nitrogens with one attached hydrogen (secondary N) is 2. The van der Waals surface area contributed by atoms with Gasteiger partial charge in [-0.2, -0.15) is 5.10 Å². The highest BCUT2D eigenvalue weighted by Crippen LogP contribution is 2.10. The number of phenols is 1. The van der Waals surface area contributed by atoms with Crippen molar-refractivity contribution in [3.63, 3.8) is 0 Å². The Labute approximate surface area is 173 Å². The Hall–Kier alpha value is -3.94. The number of para-hydroxylation sites is 1. The minimum absolute atomic E-state index is 0.0154. The second-order valence-corrected chi connectivity index (χ2v) is 6.66. The molecule has 1 heterocycles. The zero-order chi connectivity index (χ0) is 21.5. The van der Waals surface area contributed by atoms with Crippen molar-refractivity contribution in [2.45, 2.75) is 13.3 Å². The van der Waals surface area contributed by atoms with Gasteiger partial charge < -0.3 is 15.7 Å². The van der Waals surface area contributed by atoms with E-state index < -0.39 is 11.3 Å². The van der Waals surface area contributed by atoms with Gasteiger partial charge in [0.25, 0.3) is 11.8 Å². The predicted molar refractivity (Wildman–Crippen MR) is 112 cm³/mol. The Kier molecular flexibility index (Phi) is 6.59. The lowest BCUT2D eigenvalue weighted by Gasteiger charge is -2.11. The van der Waals surface area contributed by atoms with Crippen LogP contribution in [-0.4, -0.2) is 39.8 Å². The van der Waals surface area contributed by atoms with Crippen molar-refractivity contribution in [1.82, 2.24) is 20.4 Å². The fourth-order valence-electron chi connectivity index (χ4n) is 2.86.